The zero-order chi connectivity index (χ0) is 13.4. The summed E-state index contributed by atoms with van der Waals surface area (Å²) >= 11 is 9.61. The van der Waals surface area contributed by atoms with Gasteiger partial charge in [-0.3, -0.25) is 0 Å². The van der Waals surface area contributed by atoms with Gasteiger partial charge in [0.2, 0.25) is 0 Å². The number of nitrogens with one attached hydrogen (secondary N) is 1. The van der Waals surface area contributed by atoms with Gasteiger partial charge in [-0.05, 0) is 28.4 Å². The predicted molar refractivity (Wildman–Crippen MR) is 80.6 cm³/mol. The van der Waals surface area contributed by atoms with E-state index in [1.165, 1.54) is 5.56 Å². The summed E-state index contributed by atoms with van der Waals surface area (Å²) < 4.78 is 0.829. The molecule has 0 aliphatic carbocycles. The maximum absolute atomic E-state index is 6.11. The minimum Gasteiger partial charge on any atom is -0.329 e. The van der Waals surface area contributed by atoms with Crippen LogP contribution >= 0.6 is 27.5 Å². The first-order valence-electron chi connectivity index (χ1n) is 5.89. The average molecular weight is 337 g/mol. The topological polar surface area (TPSA) is 41.6 Å². The van der Waals surface area contributed by atoms with E-state index in [9.17, 15) is 0 Å². The number of nitrogens with zero attached hydrogens (tertiary/aromatic N) is 2. The lowest BCUT2D eigenvalue weighted by atomic mass is 10.1. The summed E-state index contributed by atoms with van der Waals surface area (Å²) in [6.45, 7) is 1.89. The highest BCUT2D eigenvalue weighted by atomic mass is 79.9. The van der Waals surface area contributed by atoms with Crippen LogP contribution in [0.1, 0.15) is 17.1 Å². The lowest BCUT2D eigenvalue weighted by molar-refractivity contribution is 0.998. The molecule has 5 heteroatoms. The Morgan fingerprint density at radius 1 is 1.21 bits per heavy atom. The van der Waals surface area contributed by atoms with Crippen molar-refractivity contribution in [3.05, 3.63) is 57.0 Å². The zero-order valence-corrected chi connectivity index (χ0v) is 12.6. The van der Waals surface area contributed by atoms with Crippen molar-refractivity contribution in [3.8, 4) is 0 Å². The van der Waals surface area contributed by atoms with Crippen LogP contribution in [0.3, 0.4) is 0 Å². The van der Waals surface area contributed by atoms with E-state index < -0.39 is 0 Å². The Balaban J connectivity index is 2.17. The van der Waals surface area contributed by atoms with Crippen molar-refractivity contribution < 1.29 is 0 Å². The monoisotopic (exact) mass is 335 g/mol. The van der Waals surface area contributed by atoms with Crippen LogP contribution in [-0.4, -0.2) is 15.0 Å². The normalized spacial score (nSPS) is 11.1. The highest BCUT2D eigenvalue weighted by molar-refractivity contribution is 9.10. The summed E-state index contributed by atoms with van der Waals surface area (Å²) in [5.74, 6) is 0.740. The number of aryl methyl sites for hydroxylation is 1. The van der Waals surface area contributed by atoms with Crippen molar-refractivity contribution in [2.45, 2.75) is 13.3 Å². The Labute approximate surface area is 124 Å². The SMILES string of the molecule is Cc1nc(Cc2ccccc2)c2c(Br)c(Cl)[nH]c2n1. The number of hydrogen-bond acceptors (Lipinski definition) is 2. The van der Waals surface area contributed by atoms with E-state index in [0.29, 0.717) is 5.15 Å². The van der Waals surface area contributed by atoms with Crippen LogP contribution in [0, 0.1) is 6.92 Å². The van der Waals surface area contributed by atoms with E-state index in [-0.39, 0.29) is 0 Å². The second kappa shape index (κ2) is 4.94. The van der Waals surface area contributed by atoms with Crippen LogP contribution in [0.5, 0.6) is 0 Å². The summed E-state index contributed by atoms with van der Waals surface area (Å²) in [4.78, 5) is 12.0. The highest BCUT2D eigenvalue weighted by Crippen LogP contribution is 2.32. The molecule has 0 radical (unpaired) electrons. The maximum atomic E-state index is 6.11. The number of halogens is 2. The molecule has 0 spiro atoms. The molecule has 0 saturated heterocycles. The number of fused-ring (bicyclic) bond motifs is 1. The number of hydrogen-bond donors (Lipinski definition) is 1. The number of H-pyrrole nitrogens is 1. The van der Waals surface area contributed by atoms with Crippen molar-refractivity contribution in [2.75, 3.05) is 0 Å². The molecule has 3 nitrogen and oxygen atoms in total. The van der Waals surface area contributed by atoms with Gasteiger partial charge in [0.05, 0.1) is 15.6 Å². The van der Waals surface area contributed by atoms with Gasteiger partial charge in [0.15, 0.2) is 0 Å². The molecule has 0 amide bonds. The van der Waals surface area contributed by atoms with Crippen molar-refractivity contribution >= 4 is 38.6 Å². The Hall–Kier alpha value is -1.39. The summed E-state index contributed by atoms with van der Waals surface area (Å²) in [6, 6.07) is 10.2. The minimum absolute atomic E-state index is 0.559. The average Bonchev–Trinajstić information content (AvgIpc) is 2.66. The molecular weight excluding hydrogens is 326 g/mol. The fraction of sp³-hybridized carbons (Fsp3) is 0.143. The maximum Gasteiger partial charge on any atom is 0.143 e. The summed E-state index contributed by atoms with van der Waals surface area (Å²) in [5.41, 5.74) is 2.96. The molecule has 1 N–H and O–H groups in total. The molecule has 2 aromatic heterocycles. The summed E-state index contributed by atoms with van der Waals surface area (Å²) in [6.07, 6.45) is 0.757. The minimum atomic E-state index is 0.559. The van der Waals surface area contributed by atoms with Crippen molar-refractivity contribution in [2.24, 2.45) is 0 Å². The molecule has 1 aromatic carbocycles. The molecular formula is C14H11BrClN3. The van der Waals surface area contributed by atoms with Crippen molar-refractivity contribution in [1.29, 1.82) is 0 Å². The van der Waals surface area contributed by atoms with E-state index in [1.807, 2.05) is 25.1 Å². The van der Waals surface area contributed by atoms with Gasteiger partial charge in [-0.25, -0.2) is 9.97 Å². The largest absolute Gasteiger partial charge is 0.329 e. The fourth-order valence-corrected chi connectivity index (χ4v) is 2.84. The van der Waals surface area contributed by atoms with Gasteiger partial charge in [0, 0.05) is 6.42 Å². The van der Waals surface area contributed by atoms with Crippen LogP contribution in [0.2, 0.25) is 5.15 Å². The van der Waals surface area contributed by atoms with Crippen LogP contribution < -0.4 is 0 Å². The number of aromatic nitrogens is 3. The quantitative estimate of drug-likeness (QED) is 0.759. The predicted octanol–water partition coefficient (Wildman–Crippen LogP) is 4.27. The van der Waals surface area contributed by atoms with E-state index >= 15 is 0 Å². The lowest BCUT2D eigenvalue weighted by Gasteiger charge is -2.04. The molecule has 3 rings (SSSR count). The first kappa shape index (κ1) is 12.6. The van der Waals surface area contributed by atoms with E-state index in [4.69, 9.17) is 11.6 Å². The van der Waals surface area contributed by atoms with Crippen LogP contribution in [0.15, 0.2) is 34.8 Å². The van der Waals surface area contributed by atoms with Gasteiger partial charge >= 0.3 is 0 Å². The second-order valence-electron chi connectivity index (χ2n) is 4.36. The molecule has 0 bridgehead atoms. The van der Waals surface area contributed by atoms with Gasteiger partial charge in [0.1, 0.15) is 16.6 Å². The first-order chi connectivity index (χ1) is 9.15. The van der Waals surface area contributed by atoms with E-state index in [1.54, 1.807) is 0 Å². The lowest BCUT2D eigenvalue weighted by Crippen LogP contribution is -1.98. The van der Waals surface area contributed by atoms with Crippen molar-refractivity contribution in [1.82, 2.24) is 15.0 Å². The molecule has 2 heterocycles. The smallest absolute Gasteiger partial charge is 0.143 e. The van der Waals surface area contributed by atoms with Crippen LogP contribution in [0.25, 0.3) is 11.0 Å². The molecule has 0 atom stereocenters. The first-order valence-corrected chi connectivity index (χ1v) is 7.06. The summed E-state index contributed by atoms with van der Waals surface area (Å²) in [5, 5.41) is 1.52. The van der Waals surface area contributed by atoms with Gasteiger partial charge in [-0.1, -0.05) is 41.9 Å². The molecule has 3 aromatic rings. The number of aromatic amines is 1. The van der Waals surface area contributed by atoms with Crippen LogP contribution in [-0.2, 0) is 6.42 Å². The molecule has 0 saturated carbocycles. The van der Waals surface area contributed by atoms with E-state index in [0.717, 1.165) is 33.4 Å². The molecule has 19 heavy (non-hydrogen) atoms. The van der Waals surface area contributed by atoms with Gasteiger partial charge in [-0.15, -0.1) is 0 Å². The number of rotatable bonds is 2. The Morgan fingerprint density at radius 2 is 1.95 bits per heavy atom. The molecule has 0 aliphatic heterocycles. The Morgan fingerprint density at radius 3 is 2.68 bits per heavy atom. The third-order valence-corrected chi connectivity index (χ3v) is 4.26. The molecule has 0 unspecified atom stereocenters. The third-order valence-electron chi connectivity index (χ3n) is 2.95. The third kappa shape index (κ3) is 2.38. The number of benzene rings is 1. The van der Waals surface area contributed by atoms with Gasteiger partial charge in [0.25, 0.3) is 0 Å². The highest BCUT2D eigenvalue weighted by Gasteiger charge is 2.15. The zero-order valence-electron chi connectivity index (χ0n) is 10.2. The van der Waals surface area contributed by atoms with Crippen LogP contribution in [0.4, 0.5) is 0 Å². The van der Waals surface area contributed by atoms with Gasteiger partial charge in [-0.2, -0.15) is 0 Å². The second-order valence-corrected chi connectivity index (χ2v) is 5.53. The molecule has 0 fully saturated rings. The van der Waals surface area contributed by atoms with Gasteiger partial charge < -0.3 is 4.98 Å². The summed E-state index contributed by atoms with van der Waals surface area (Å²) in [7, 11) is 0. The molecule has 0 aliphatic rings. The fourth-order valence-electron chi connectivity index (χ4n) is 2.14. The van der Waals surface area contributed by atoms with Crippen molar-refractivity contribution in [3.63, 3.8) is 0 Å². The Kier molecular flexibility index (Phi) is 3.29. The van der Waals surface area contributed by atoms with E-state index in [2.05, 4.69) is 43.0 Å². The standard InChI is InChI=1S/C14H11BrClN3/c1-8-17-10(7-9-5-3-2-4-6-9)11-12(15)13(16)19-14(11)18-8/h2-6H,7H2,1H3,(H,17,18,19). The molecule has 96 valence electrons. The Bertz CT molecular complexity index is 737.